The molecule has 0 unspecified atom stereocenters. The Kier molecular flexibility index (Phi) is 8.75. The molecule has 0 spiro atoms. The van der Waals surface area contributed by atoms with E-state index in [2.05, 4.69) is 47.1 Å². The number of ether oxygens (including phenoxy) is 2. The second-order valence-corrected chi connectivity index (χ2v) is 13.8. The van der Waals surface area contributed by atoms with Crippen molar-refractivity contribution >= 4 is 11.1 Å². The van der Waals surface area contributed by atoms with Crippen LogP contribution in [0, 0.1) is 18.3 Å². The lowest BCUT2D eigenvalue weighted by molar-refractivity contribution is 0.173. The number of benzene rings is 3. The Morgan fingerprint density at radius 2 is 1.64 bits per heavy atom. The third kappa shape index (κ3) is 6.22. The van der Waals surface area contributed by atoms with Crippen LogP contribution in [0.1, 0.15) is 58.7 Å². The number of aliphatic hydroxyl groups is 2. The number of aliphatic hydroxyl groups excluding tert-OH is 2. The molecule has 2 saturated heterocycles. The molecule has 50 heavy (non-hydrogen) atoms. The molecule has 256 valence electrons. The number of nitriles is 1. The number of hydrogen-bond donors (Lipinski definition) is 2. The van der Waals surface area contributed by atoms with Crippen molar-refractivity contribution in [3.63, 3.8) is 0 Å². The highest BCUT2D eigenvalue weighted by atomic mass is 16.5. The van der Waals surface area contributed by atoms with E-state index in [9.17, 15) is 15.5 Å². The maximum Gasteiger partial charge on any atom is 0.227 e. The molecule has 0 radical (unpaired) electrons. The molecule has 3 aliphatic rings. The first-order chi connectivity index (χ1) is 24.4. The van der Waals surface area contributed by atoms with Gasteiger partial charge in [0.2, 0.25) is 17.7 Å². The van der Waals surface area contributed by atoms with Crippen LogP contribution in [0.5, 0.6) is 11.8 Å². The van der Waals surface area contributed by atoms with E-state index in [0.29, 0.717) is 60.5 Å². The third-order valence-corrected chi connectivity index (χ3v) is 10.4. The molecule has 8 rings (SSSR count). The number of nitrogens with zero attached hydrogens (tertiary/aromatic N) is 5. The number of β-amino-alcohol motifs (C(OH)–C–C–N with tert-alkyl or cyclic N) is 2. The fraction of sp³-hybridized carbons (Fsp3) is 0.375. The number of hydrogen-bond acceptors (Lipinski definition) is 10. The van der Waals surface area contributed by atoms with E-state index < -0.39 is 0 Å². The Morgan fingerprint density at radius 3 is 2.38 bits per heavy atom. The number of pyridine rings is 1. The van der Waals surface area contributed by atoms with Crippen molar-refractivity contribution in [1.29, 1.82) is 5.26 Å². The van der Waals surface area contributed by atoms with Gasteiger partial charge in [0.1, 0.15) is 17.7 Å². The van der Waals surface area contributed by atoms with Crippen LogP contribution >= 0.6 is 0 Å². The maximum atomic E-state index is 9.97. The van der Waals surface area contributed by atoms with E-state index in [-0.39, 0.29) is 18.3 Å². The number of methoxy groups -OCH3 is 1. The average Bonchev–Trinajstić information content (AvgIpc) is 3.93. The largest absolute Gasteiger partial charge is 0.481 e. The van der Waals surface area contributed by atoms with E-state index in [4.69, 9.17) is 23.9 Å². The van der Waals surface area contributed by atoms with E-state index in [1.807, 2.05) is 36.4 Å². The minimum absolute atomic E-state index is 0.135. The minimum Gasteiger partial charge on any atom is -0.481 e. The Hall–Kier alpha value is -4.79. The summed E-state index contributed by atoms with van der Waals surface area (Å²) in [6.45, 7) is 6.41. The van der Waals surface area contributed by atoms with Gasteiger partial charge in [-0.05, 0) is 90.3 Å². The van der Waals surface area contributed by atoms with E-state index in [0.717, 1.165) is 77.7 Å². The second kappa shape index (κ2) is 13.5. The lowest BCUT2D eigenvalue weighted by Crippen LogP contribution is -2.22. The number of oxazole rings is 1. The van der Waals surface area contributed by atoms with Crippen LogP contribution in [-0.4, -0.2) is 75.5 Å². The maximum absolute atomic E-state index is 9.97. The zero-order valence-corrected chi connectivity index (χ0v) is 28.4. The first-order valence-corrected chi connectivity index (χ1v) is 17.4. The zero-order chi connectivity index (χ0) is 34.4. The van der Waals surface area contributed by atoms with Crippen LogP contribution in [-0.2, 0) is 19.5 Å². The summed E-state index contributed by atoms with van der Waals surface area (Å²) in [6, 6.07) is 22.7. The van der Waals surface area contributed by atoms with Crippen molar-refractivity contribution in [2.24, 2.45) is 0 Å². The van der Waals surface area contributed by atoms with Gasteiger partial charge in [0.05, 0.1) is 24.9 Å². The van der Waals surface area contributed by atoms with Gasteiger partial charge in [-0.1, -0.05) is 30.3 Å². The van der Waals surface area contributed by atoms with Crippen LogP contribution in [0.15, 0.2) is 65.1 Å². The number of fused-ring (bicyclic) bond motifs is 2. The van der Waals surface area contributed by atoms with Crippen LogP contribution in [0.25, 0.3) is 33.7 Å². The molecule has 0 saturated carbocycles. The van der Waals surface area contributed by atoms with Crippen molar-refractivity contribution in [3.8, 4) is 40.4 Å². The van der Waals surface area contributed by atoms with Gasteiger partial charge in [-0.15, -0.1) is 0 Å². The van der Waals surface area contributed by atoms with Crippen molar-refractivity contribution in [2.75, 3.05) is 33.3 Å². The number of aromatic nitrogens is 2. The Balaban J connectivity index is 1.05. The van der Waals surface area contributed by atoms with Gasteiger partial charge in [0, 0.05) is 56.5 Å². The molecule has 2 fully saturated rings. The quantitative estimate of drug-likeness (QED) is 0.194. The first-order valence-electron chi connectivity index (χ1n) is 17.4. The monoisotopic (exact) mass is 671 g/mol. The normalized spacial score (nSPS) is 20.7. The van der Waals surface area contributed by atoms with Gasteiger partial charge in [0.25, 0.3) is 0 Å². The van der Waals surface area contributed by atoms with Crippen LogP contribution in [0.2, 0.25) is 0 Å². The summed E-state index contributed by atoms with van der Waals surface area (Å²) in [4.78, 5) is 14.0. The van der Waals surface area contributed by atoms with Gasteiger partial charge in [-0.2, -0.15) is 10.2 Å². The Labute approximate surface area is 291 Å². The summed E-state index contributed by atoms with van der Waals surface area (Å²) in [5.74, 6) is 1.57. The molecule has 2 N–H and O–H groups in total. The van der Waals surface area contributed by atoms with Gasteiger partial charge in [-0.3, -0.25) is 9.80 Å². The molecule has 2 aromatic heterocycles. The number of likely N-dealkylation sites (tertiary alicyclic amines) is 2. The standard InChI is InChI=1S/C40H41N5O5/c1-24-30(5-3-6-31(24)40-42-35-18-25(17-27(19-41)38(35)50-40)20-44-15-13-28(46)22-44)32-7-4-8-34-33(32)10-11-36(34)49-37-12-9-26(39(43-37)48-2)21-45-16-14-29(47)23-45/h3-9,12,17-18,28-29,36,46-47H,10-11,13-16,20-23H2,1-2H3/t28-,29-,36-/m1/s1. The lowest BCUT2D eigenvalue weighted by Gasteiger charge is -2.19. The van der Waals surface area contributed by atoms with Crippen molar-refractivity contribution in [2.45, 2.75) is 64.0 Å². The van der Waals surface area contributed by atoms with Crippen molar-refractivity contribution < 1.29 is 24.1 Å². The van der Waals surface area contributed by atoms with Crippen LogP contribution in [0.3, 0.4) is 0 Å². The second-order valence-electron chi connectivity index (χ2n) is 13.8. The summed E-state index contributed by atoms with van der Waals surface area (Å²) in [7, 11) is 1.63. The average molecular weight is 672 g/mol. The zero-order valence-electron chi connectivity index (χ0n) is 28.4. The minimum atomic E-state index is -0.298. The van der Waals surface area contributed by atoms with Gasteiger partial charge >= 0.3 is 0 Å². The fourth-order valence-corrected chi connectivity index (χ4v) is 7.90. The predicted octanol–water partition coefficient (Wildman–Crippen LogP) is 5.95. The summed E-state index contributed by atoms with van der Waals surface area (Å²) in [6.07, 6.45) is 2.56. The molecular formula is C40H41N5O5. The van der Waals surface area contributed by atoms with Crippen molar-refractivity contribution in [1.82, 2.24) is 19.8 Å². The third-order valence-electron chi connectivity index (χ3n) is 10.4. The molecular weight excluding hydrogens is 630 g/mol. The van der Waals surface area contributed by atoms with Crippen LogP contribution < -0.4 is 9.47 Å². The van der Waals surface area contributed by atoms with Crippen molar-refractivity contribution in [3.05, 3.63) is 94.0 Å². The van der Waals surface area contributed by atoms with Gasteiger partial charge in [0.15, 0.2) is 5.58 Å². The highest BCUT2D eigenvalue weighted by Crippen LogP contribution is 2.42. The Morgan fingerprint density at radius 1 is 0.900 bits per heavy atom. The predicted molar refractivity (Wildman–Crippen MR) is 189 cm³/mol. The molecule has 2 aliphatic heterocycles. The summed E-state index contributed by atoms with van der Waals surface area (Å²) >= 11 is 0. The molecule has 4 heterocycles. The summed E-state index contributed by atoms with van der Waals surface area (Å²) in [5, 5.41) is 29.9. The Bertz CT molecular complexity index is 2100. The van der Waals surface area contributed by atoms with Crippen LogP contribution in [0.4, 0.5) is 0 Å². The first kappa shape index (κ1) is 32.4. The van der Waals surface area contributed by atoms with Gasteiger partial charge < -0.3 is 24.1 Å². The SMILES string of the molecule is COc1nc(O[C@@H]2CCc3c(-c4cccc(-c5nc6cc(CN7CC[C@@H](O)C7)cc(C#N)c6o5)c4C)cccc32)ccc1CN1CC[C@@H](O)C1. The summed E-state index contributed by atoms with van der Waals surface area (Å²) < 4.78 is 18.4. The highest BCUT2D eigenvalue weighted by Gasteiger charge is 2.29. The van der Waals surface area contributed by atoms with E-state index in [1.54, 1.807) is 7.11 Å². The fourth-order valence-electron chi connectivity index (χ4n) is 7.90. The molecule has 3 atom stereocenters. The molecule has 0 bridgehead atoms. The molecule has 0 amide bonds. The number of rotatable bonds is 9. The molecule has 5 aromatic rings. The lowest BCUT2D eigenvalue weighted by atomic mass is 9.91. The highest BCUT2D eigenvalue weighted by molar-refractivity contribution is 5.85. The van der Waals surface area contributed by atoms with E-state index >= 15 is 0 Å². The molecule has 3 aromatic carbocycles. The summed E-state index contributed by atoms with van der Waals surface area (Å²) in [5.41, 5.74) is 10.2. The smallest absolute Gasteiger partial charge is 0.227 e. The topological polar surface area (TPSA) is 128 Å². The van der Waals surface area contributed by atoms with Gasteiger partial charge in [-0.25, -0.2) is 4.98 Å². The molecule has 1 aliphatic carbocycles. The molecule has 10 heteroatoms. The van der Waals surface area contributed by atoms with E-state index in [1.165, 1.54) is 5.56 Å². The molecule has 10 nitrogen and oxygen atoms in total.